The van der Waals surface area contributed by atoms with E-state index in [0.717, 1.165) is 47.5 Å². The lowest BCUT2D eigenvalue weighted by Crippen LogP contribution is -2.43. The first-order valence-corrected chi connectivity index (χ1v) is 13.2. The molecule has 0 radical (unpaired) electrons. The smallest absolute Gasteiger partial charge is 0.241 e. The number of benzene rings is 2. The van der Waals surface area contributed by atoms with Gasteiger partial charge in [-0.15, -0.1) is 0 Å². The molecule has 174 valence electrons. The molecular formula is C25H29BrN4O2S. The fourth-order valence-electron chi connectivity index (χ4n) is 4.01. The summed E-state index contributed by atoms with van der Waals surface area (Å²) >= 11 is 5.33. The number of aromatic nitrogens is 2. The molecule has 3 aromatic rings. The van der Waals surface area contributed by atoms with Crippen molar-refractivity contribution in [3.8, 4) is 11.4 Å². The SMILES string of the molecule is Cc1ccccc1CSCCNC(=O)C1CCCN(Cc2nc(-c3cccc(Br)c3)no2)C1. The number of thioether (sulfide) groups is 1. The highest BCUT2D eigenvalue weighted by atomic mass is 79.9. The van der Waals surface area contributed by atoms with Crippen molar-refractivity contribution in [1.29, 1.82) is 0 Å². The fraction of sp³-hybridized carbons (Fsp3) is 0.400. The second kappa shape index (κ2) is 11.8. The zero-order chi connectivity index (χ0) is 23.0. The van der Waals surface area contributed by atoms with Crippen molar-refractivity contribution < 1.29 is 9.32 Å². The molecule has 8 heteroatoms. The van der Waals surface area contributed by atoms with Crippen molar-refractivity contribution in [3.05, 3.63) is 70.0 Å². The minimum Gasteiger partial charge on any atom is -0.355 e. The first-order valence-electron chi connectivity index (χ1n) is 11.3. The van der Waals surface area contributed by atoms with Crippen molar-refractivity contribution in [2.24, 2.45) is 5.92 Å². The molecule has 0 spiro atoms. The summed E-state index contributed by atoms with van der Waals surface area (Å²) in [5, 5.41) is 7.24. The number of nitrogens with one attached hydrogen (secondary N) is 1. The summed E-state index contributed by atoms with van der Waals surface area (Å²) in [7, 11) is 0. The number of hydrogen-bond donors (Lipinski definition) is 1. The minimum atomic E-state index is 0.00703. The third-order valence-corrected chi connectivity index (χ3v) is 7.35. The minimum absolute atomic E-state index is 0.00703. The lowest BCUT2D eigenvalue weighted by molar-refractivity contribution is -0.126. The Bertz CT molecular complexity index is 1070. The Morgan fingerprint density at radius 1 is 1.27 bits per heavy atom. The number of halogens is 1. The van der Waals surface area contributed by atoms with Gasteiger partial charge in [0.25, 0.3) is 0 Å². The van der Waals surface area contributed by atoms with Crippen LogP contribution in [-0.4, -0.2) is 46.3 Å². The van der Waals surface area contributed by atoms with E-state index >= 15 is 0 Å². The number of piperidine rings is 1. The quantitative estimate of drug-likeness (QED) is 0.391. The molecule has 0 saturated carbocycles. The van der Waals surface area contributed by atoms with Crippen LogP contribution in [0.25, 0.3) is 11.4 Å². The fourth-order valence-corrected chi connectivity index (χ4v) is 5.35. The van der Waals surface area contributed by atoms with Crippen molar-refractivity contribution in [3.63, 3.8) is 0 Å². The van der Waals surface area contributed by atoms with E-state index in [4.69, 9.17) is 4.52 Å². The van der Waals surface area contributed by atoms with Gasteiger partial charge in [0.2, 0.25) is 17.6 Å². The maximum atomic E-state index is 12.7. The van der Waals surface area contributed by atoms with Crippen LogP contribution in [0, 0.1) is 12.8 Å². The van der Waals surface area contributed by atoms with Crippen LogP contribution in [0.2, 0.25) is 0 Å². The second-order valence-electron chi connectivity index (χ2n) is 8.37. The second-order valence-corrected chi connectivity index (χ2v) is 10.4. The molecule has 1 aliphatic rings. The van der Waals surface area contributed by atoms with Crippen molar-refractivity contribution in [2.45, 2.75) is 32.1 Å². The monoisotopic (exact) mass is 528 g/mol. The molecule has 4 rings (SSSR count). The van der Waals surface area contributed by atoms with Crippen LogP contribution in [0.15, 0.2) is 57.5 Å². The van der Waals surface area contributed by atoms with Crippen molar-refractivity contribution in [1.82, 2.24) is 20.4 Å². The van der Waals surface area contributed by atoms with Gasteiger partial charge in [-0.2, -0.15) is 16.7 Å². The van der Waals surface area contributed by atoms with Gasteiger partial charge in [-0.25, -0.2) is 0 Å². The maximum absolute atomic E-state index is 12.7. The molecule has 2 heterocycles. The third kappa shape index (κ3) is 6.91. The molecule has 33 heavy (non-hydrogen) atoms. The zero-order valence-corrected chi connectivity index (χ0v) is 21.2. The van der Waals surface area contributed by atoms with E-state index in [2.05, 4.69) is 67.5 Å². The van der Waals surface area contributed by atoms with Gasteiger partial charge in [-0.1, -0.05) is 57.5 Å². The molecule has 1 unspecified atom stereocenters. The standard InChI is InChI=1S/C25H29BrN4O2S/c1-18-6-2-3-7-21(18)17-33-13-11-27-25(31)20-9-5-12-30(15-20)16-23-28-24(29-32-23)19-8-4-10-22(26)14-19/h2-4,6-8,10,14,20H,5,9,11-13,15-17H2,1H3,(H,27,31). The molecule has 1 saturated heterocycles. The first-order chi connectivity index (χ1) is 16.1. The van der Waals surface area contributed by atoms with E-state index in [-0.39, 0.29) is 11.8 Å². The number of aryl methyl sites for hydroxylation is 1. The highest BCUT2D eigenvalue weighted by Gasteiger charge is 2.26. The Morgan fingerprint density at radius 2 is 2.15 bits per heavy atom. The molecular weight excluding hydrogens is 500 g/mol. The average molecular weight is 530 g/mol. The summed E-state index contributed by atoms with van der Waals surface area (Å²) in [6.45, 7) is 5.06. The topological polar surface area (TPSA) is 71.3 Å². The van der Waals surface area contributed by atoms with Crippen molar-refractivity contribution in [2.75, 3.05) is 25.4 Å². The van der Waals surface area contributed by atoms with E-state index in [1.54, 1.807) is 0 Å². The van der Waals surface area contributed by atoms with E-state index in [0.29, 0.717) is 24.8 Å². The van der Waals surface area contributed by atoms with Gasteiger partial charge < -0.3 is 9.84 Å². The highest BCUT2D eigenvalue weighted by Crippen LogP contribution is 2.22. The number of rotatable bonds is 9. The summed E-state index contributed by atoms with van der Waals surface area (Å²) < 4.78 is 6.45. The third-order valence-electron chi connectivity index (χ3n) is 5.85. The molecule has 1 fully saturated rings. The average Bonchev–Trinajstić information content (AvgIpc) is 3.28. The van der Waals surface area contributed by atoms with E-state index in [1.165, 1.54) is 11.1 Å². The lowest BCUT2D eigenvalue weighted by Gasteiger charge is -2.30. The number of likely N-dealkylation sites (tertiary alicyclic amines) is 1. The predicted molar refractivity (Wildman–Crippen MR) is 136 cm³/mol. The molecule has 1 N–H and O–H groups in total. The van der Waals surface area contributed by atoms with E-state index < -0.39 is 0 Å². The van der Waals surface area contributed by atoms with Gasteiger partial charge in [0, 0.05) is 34.6 Å². The van der Waals surface area contributed by atoms with Crippen LogP contribution >= 0.6 is 27.7 Å². The van der Waals surface area contributed by atoms with Gasteiger partial charge in [0.05, 0.1) is 12.5 Å². The summed E-state index contributed by atoms with van der Waals surface area (Å²) in [4.78, 5) is 19.5. The predicted octanol–water partition coefficient (Wildman–Crippen LogP) is 5.07. The largest absolute Gasteiger partial charge is 0.355 e. The summed E-state index contributed by atoms with van der Waals surface area (Å²) in [5.74, 6) is 3.21. The highest BCUT2D eigenvalue weighted by molar-refractivity contribution is 9.10. The van der Waals surface area contributed by atoms with Crippen LogP contribution in [0.1, 0.15) is 29.9 Å². The lowest BCUT2D eigenvalue weighted by atomic mass is 9.97. The summed E-state index contributed by atoms with van der Waals surface area (Å²) in [6.07, 6.45) is 1.92. The van der Waals surface area contributed by atoms with E-state index in [9.17, 15) is 4.79 Å². The number of hydrogen-bond acceptors (Lipinski definition) is 6. The zero-order valence-electron chi connectivity index (χ0n) is 18.8. The summed E-state index contributed by atoms with van der Waals surface area (Å²) in [5.41, 5.74) is 3.60. The maximum Gasteiger partial charge on any atom is 0.241 e. The normalized spacial score (nSPS) is 16.6. The number of nitrogens with zero attached hydrogens (tertiary/aromatic N) is 3. The molecule has 0 aliphatic carbocycles. The molecule has 1 aromatic heterocycles. The van der Waals surface area contributed by atoms with Crippen LogP contribution in [0.3, 0.4) is 0 Å². The Kier molecular flexibility index (Phi) is 8.58. The molecule has 1 amide bonds. The van der Waals surface area contributed by atoms with Crippen molar-refractivity contribution >= 4 is 33.6 Å². The van der Waals surface area contributed by atoms with Crippen LogP contribution in [0.5, 0.6) is 0 Å². The summed E-state index contributed by atoms with van der Waals surface area (Å²) in [6, 6.07) is 16.3. The molecule has 1 aliphatic heterocycles. The van der Waals surface area contributed by atoms with Gasteiger partial charge >= 0.3 is 0 Å². The van der Waals surface area contributed by atoms with Crippen LogP contribution in [0.4, 0.5) is 0 Å². The van der Waals surface area contributed by atoms with Crippen LogP contribution in [-0.2, 0) is 17.1 Å². The Hall–Kier alpha value is -2.16. The van der Waals surface area contributed by atoms with Gasteiger partial charge in [-0.3, -0.25) is 9.69 Å². The van der Waals surface area contributed by atoms with Gasteiger partial charge in [0.15, 0.2) is 0 Å². The molecule has 1 atom stereocenters. The van der Waals surface area contributed by atoms with E-state index in [1.807, 2.05) is 36.0 Å². The molecule has 0 bridgehead atoms. The Balaban J connectivity index is 1.20. The number of carbonyl (C=O) groups is 1. The first kappa shape index (κ1) is 24.0. The Morgan fingerprint density at radius 3 is 3.00 bits per heavy atom. The number of amides is 1. The molecule has 6 nitrogen and oxygen atoms in total. The van der Waals surface area contributed by atoms with Gasteiger partial charge in [0.1, 0.15) is 0 Å². The van der Waals surface area contributed by atoms with Crippen LogP contribution < -0.4 is 5.32 Å². The number of carbonyl (C=O) groups excluding carboxylic acids is 1. The Labute approximate surface area is 207 Å². The van der Waals surface area contributed by atoms with Gasteiger partial charge in [-0.05, 0) is 49.6 Å². The molecule has 2 aromatic carbocycles.